The van der Waals surface area contributed by atoms with E-state index in [1.54, 1.807) is 7.05 Å². The highest BCUT2D eigenvalue weighted by molar-refractivity contribution is 5.62. The number of nitrogens with zero attached hydrogens (tertiary/aromatic N) is 1. The molecule has 0 bridgehead atoms. The van der Waals surface area contributed by atoms with Gasteiger partial charge in [-0.25, -0.2) is 0 Å². The maximum atomic E-state index is 5.48. The summed E-state index contributed by atoms with van der Waals surface area (Å²) in [4.78, 5) is 4.34. The first-order valence-electron chi connectivity index (χ1n) is 5.19. The van der Waals surface area contributed by atoms with Crippen LogP contribution in [-0.4, -0.2) is 12.0 Å². The third kappa shape index (κ3) is 3.12. The summed E-state index contributed by atoms with van der Waals surface area (Å²) in [5.74, 6) is 1.33. The Kier molecular flexibility index (Phi) is 4.11. The molecule has 3 nitrogen and oxygen atoms in total. The fourth-order valence-electron chi connectivity index (χ4n) is 1.18. The Hall–Kier alpha value is -1.77. The molecule has 0 unspecified atom stereocenters. The van der Waals surface area contributed by atoms with Crippen molar-refractivity contribution in [3.63, 3.8) is 0 Å². The summed E-state index contributed by atoms with van der Waals surface area (Å²) in [6.07, 6.45) is 1.85. The number of pyridine rings is 1. The van der Waals surface area contributed by atoms with Gasteiger partial charge in [0.2, 0.25) is 0 Å². The largest absolute Gasteiger partial charge is 0.446 e. The maximum absolute atomic E-state index is 5.48. The SMILES string of the molecule is C=C(NC)O/C(C)=C(/C)c1ccc(C)cn1. The lowest BCUT2D eigenvalue weighted by Crippen LogP contribution is -2.07. The van der Waals surface area contributed by atoms with E-state index < -0.39 is 0 Å². The molecule has 0 amide bonds. The zero-order valence-corrected chi connectivity index (χ0v) is 10.3. The summed E-state index contributed by atoms with van der Waals surface area (Å²) in [7, 11) is 1.77. The van der Waals surface area contributed by atoms with Crippen molar-refractivity contribution in [2.75, 3.05) is 7.05 Å². The molecule has 1 N–H and O–H groups in total. The summed E-state index contributed by atoms with van der Waals surface area (Å²) >= 11 is 0. The standard InChI is InChI=1S/C13H18N2O/c1-9-6-7-13(15-8-9)10(2)11(3)16-12(4)14-5/h6-8,14H,4H2,1-3,5H3/b11-10-. The smallest absolute Gasteiger partial charge is 0.185 e. The highest BCUT2D eigenvalue weighted by Gasteiger charge is 2.04. The average Bonchev–Trinajstić information content (AvgIpc) is 2.28. The predicted octanol–water partition coefficient (Wildman–Crippen LogP) is 2.85. The fraction of sp³-hybridized carbons (Fsp3) is 0.308. The lowest BCUT2D eigenvalue weighted by Gasteiger charge is -2.11. The number of aryl methyl sites for hydroxylation is 1. The Morgan fingerprint density at radius 2 is 2.06 bits per heavy atom. The van der Waals surface area contributed by atoms with Crippen LogP contribution in [0.2, 0.25) is 0 Å². The minimum absolute atomic E-state index is 0.531. The van der Waals surface area contributed by atoms with Gasteiger partial charge in [-0.15, -0.1) is 0 Å². The average molecular weight is 218 g/mol. The van der Waals surface area contributed by atoms with Gasteiger partial charge in [-0.2, -0.15) is 0 Å². The summed E-state index contributed by atoms with van der Waals surface area (Å²) in [5, 5.41) is 2.84. The third-order valence-electron chi connectivity index (χ3n) is 2.38. The molecule has 0 atom stereocenters. The first-order valence-corrected chi connectivity index (χ1v) is 5.19. The van der Waals surface area contributed by atoms with Crippen LogP contribution in [0.5, 0.6) is 0 Å². The molecule has 86 valence electrons. The Morgan fingerprint density at radius 3 is 2.56 bits per heavy atom. The van der Waals surface area contributed by atoms with E-state index in [9.17, 15) is 0 Å². The monoisotopic (exact) mass is 218 g/mol. The van der Waals surface area contributed by atoms with Gasteiger partial charge in [-0.1, -0.05) is 6.07 Å². The topological polar surface area (TPSA) is 34.1 Å². The minimum atomic E-state index is 0.531. The number of rotatable bonds is 4. The molecule has 1 aromatic rings. The highest BCUT2D eigenvalue weighted by Crippen LogP contribution is 2.18. The molecule has 0 saturated carbocycles. The van der Waals surface area contributed by atoms with Gasteiger partial charge >= 0.3 is 0 Å². The van der Waals surface area contributed by atoms with Crippen LogP contribution >= 0.6 is 0 Å². The molecule has 0 radical (unpaired) electrons. The minimum Gasteiger partial charge on any atom is -0.446 e. The van der Waals surface area contributed by atoms with Crippen molar-refractivity contribution in [2.24, 2.45) is 0 Å². The zero-order chi connectivity index (χ0) is 12.1. The fourth-order valence-corrected chi connectivity index (χ4v) is 1.18. The molecule has 0 aliphatic rings. The van der Waals surface area contributed by atoms with E-state index in [4.69, 9.17) is 4.74 Å². The molecule has 0 aromatic carbocycles. The number of nitrogens with one attached hydrogen (secondary N) is 1. The van der Waals surface area contributed by atoms with Crippen molar-refractivity contribution in [3.8, 4) is 0 Å². The lowest BCUT2D eigenvalue weighted by molar-refractivity contribution is 0.287. The highest BCUT2D eigenvalue weighted by atomic mass is 16.5. The van der Waals surface area contributed by atoms with E-state index in [0.29, 0.717) is 5.88 Å². The van der Waals surface area contributed by atoms with Crippen LogP contribution in [0.25, 0.3) is 5.57 Å². The molecule has 1 rings (SSSR count). The van der Waals surface area contributed by atoms with E-state index in [-0.39, 0.29) is 0 Å². The van der Waals surface area contributed by atoms with Gasteiger partial charge in [-0.3, -0.25) is 4.98 Å². The van der Waals surface area contributed by atoms with Crippen LogP contribution < -0.4 is 5.32 Å². The van der Waals surface area contributed by atoms with Crippen LogP contribution in [0.1, 0.15) is 25.1 Å². The Labute approximate surface area is 96.9 Å². The second-order valence-corrected chi connectivity index (χ2v) is 3.68. The van der Waals surface area contributed by atoms with Crippen molar-refractivity contribution in [1.29, 1.82) is 0 Å². The van der Waals surface area contributed by atoms with E-state index >= 15 is 0 Å². The van der Waals surface area contributed by atoms with Crippen molar-refractivity contribution in [1.82, 2.24) is 10.3 Å². The molecule has 1 aromatic heterocycles. The molecule has 0 fully saturated rings. The van der Waals surface area contributed by atoms with Crippen molar-refractivity contribution in [2.45, 2.75) is 20.8 Å². The summed E-state index contributed by atoms with van der Waals surface area (Å²) in [6, 6.07) is 4.02. The molecule has 16 heavy (non-hydrogen) atoms. The van der Waals surface area contributed by atoms with Gasteiger partial charge in [0, 0.05) is 18.8 Å². The maximum Gasteiger partial charge on any atom is 0.185 e. The Balaban J connectivity index is 2.90. The quantitative estimate of drug-likeness (QED) is 0.789. The van der Waals surface area contributed by atoms with Crippen LogP contribution in [-0.2, 0) is 4.74 Å². The number of hydrogen-bond acceptors (Lipinski definition) is 3. The van der Waals surface area contributed by atoms with Crippen LogP contribution in [0.15, 0.2) is 36.6 Å². The number of allylic oxidation sites excluding steroid dienone is 2. The molecule has 0 spiro atoms. The molecular formula is C13H18N2O. The first kappa shape index (κ1) is 12.3. The zero-order valence-electron chi connectivity index (χ0n) is 10.3. The van der Waals surface area contributed by atoms with Crippen LogP contribution in [0.4, 0.5) is 0 Å². The van der Waals surface area contributed by atoms with Gasteiger partial charge in [0.1, 0.15) is 5.76 Å². The molecule has 3 heteroatoms. The predicted molar refractivity (Wildman–Crippen MR) is 66.5 cm³/mol. The second-order valence-electron chi connectivity index (χ2n) is 3.68. The summed E-state index contributed by atoms with van der Waals surface area (Å²) in [6.45, 7) is 9.62. The van der Waals surface area contributed by atoms with Gasteiger partial charge in [0.05, 0.1) is 5.69 Å². The van der Waals surface area contributed by atoms with E-state index in [1.807, 2.05) is 39.1 Å². The molecule has 0 aliphatic heterocycles. The van der Waals surface area contributed by atoms with Gasteiger partial charge < -0.3 is 10.1 Å². The molecule has 1 heterocycles. The van der Waals surface area contributed by atoms with E-state index in [0.717, 1.165) is 22.6 Å². The molecule has 0 aliphatic carbocycles. The lowest BCUT2D eigenvalue weighted by atomic mass is 10.1. The van der Waals surface area contributed by atoms with E-state index in [1.165, 1.54) is 0 Å². The Morgan fingerprint density at radius 1 is 1.38 bits per heavy atom. The Bertz CT molecular complexity index is 404. The summed E-state index contributed by atoms with van der Waals surface area (Å²) < 4.78 is 5.48. The first-order chi connectivity index (χ1) is 7.54. The number of ether oxygens (including phenoxy) is 1. The van der Waals surface area contributed by atoms with Gasteiger partial charge in [0.15, 0.2) is 5.88 Å². The molecular weight excluding hydrogens is 200 g/mol. The van der Waals surface area contributed by atoms with Gasteiger partial charge in [0.25, 0.3) is 0 Å². The van der Waals surface area contributed by atoms with Gasteiger partial charge in [-0.05, 0) is 39.0 Å². The van der Waals surface area contributed by atoms with Crippen molar-refractivity contribution < 1.29 is 4.74 Å². The third-order valence-corrected chi connectivity index (χ3v) is 2.38. The second kappa shape index (κ2) is 5.35. The van der Waals surface area contributed by atoms with E-state index in [2.05, 4.69) is 16.9 Å². The van der Waals surface area contributed by atoms with Crippen molar-refractivity contribution in [3.05, 3.63) is 47.8 Å². The number of hydrogen-bond donors (Lipinski definition) is 1. The number of aromatic nitrogens is 1. The normalized spacial score (nSPS) is 11.8. The van der Waals surface area contributed by atoms with Crippen LogP contribution in [0, 0.1) is 6.92 Å². The van der Waals surface area contributed by atoms with Crippen molar-refractivity contribution >= 4 is 5.57 Å². The summed E-state index contributed by atoms with van der Waals surface area (Å²) in [5.41, 5.74) is 3.08. The van der Waals surface area contributed by atoms with Crippen LogP contribution in [0.3, 0.4) is 0 Å². The molecule has 0 saturated heterocycles.